The van der Waals surface area contributed by atoms with Crippen LogP contribution in [0.15, 0.2) is 40.9 Å². The Balaban J connectivity index is 2.24. The van der Waals surface area contributed by atoms with Gasteiger partial charge in [0.2, 0.25) is 0 Å². The molecule has 0 atom stereocenters. The second kappa shape index (κ2) is 7.83. The number of halogens is 2. The number of aryl methyl sites for hydroxylation is 1. The molecule has 4 heteroatoms. The highest BCUT2D eigenvalue weighted by molar-refractivity contribution is 9.10. The third-order valence-electron chi connectivity index (χ3n) is 3.07. The second-order valence-corrected chi connectivity index (χ2v) is 6.29. The van der Waals surface area contributed by atoms with E-state index in [0.29, 0.717) is 10.8 Å². The third-order valence-corrected chi connectivity index (χ3v) is 3.88. The van der Waals surface area contributed by atoms with Gasteiger partial charge in [0.15, 0.2) is 0 Å². The van der Waals surface area contributed by atoms with E-state index in [1.165, 1.54) is 0 Å². The molecule has 0 amide bonds. The number of rotatable bonds is 6. The van der Waals surface area contributed by atoms with Crippen LogP contribution in [0.4, 0.5) is 0 Å². The van der Waals surface area contributed by atoms with Crippen molar-refractivity contribution in [1.82, 2.24) is 5.32 Å². The molecule has 0 spiro atoms. The van der Waals surface area contributed by atoms with Crippen molar-refractivity contribution >= 4 is 27.5 Å². The number of nitrogens with one attached hydrogen (secondary N) is 1. The van der Waals surface area contributed by atoms with Gasteiger partial charge in [-0.05, 0) is 55.8 Å². The van der Waals surface area contributed by atoms with Crippen molar-refractivity contribution in [2.24, 2.45) is 0 Å². The van der Waals surface area contributed by atoms with E-state index in [-0.39, 0.29) is 0 Å². The summed E-state index contributed by atoms with van der Waals surface area (Å²) in [5.41, 5.74) is 2.23. The smallest absolute Gasteiger partial charge is 0.146 e. The summed E-state index contributed by atoms with van der Waals surface area (Å²) in [5.74, 6) is 1.52. The summed E-state index contributed by atoms with van der Waals surface area (Å²) in [6, 6.07) is 11.8. The SMILES string of the molecule is CCCNCc1cc(Br)ccc1Oc1cc(C)ccc1Cl. The lowest BCUT2D eigenvalue weighted by molar-refractivity contribution is 0.472. The molecule has 0 heterocycles. The standard InChI is InChI=1S/C17H19BrClNO/c1-3-8-20-11-13-10-14(18)5-7-16(13)21-17-9-12(2)4-6-15(17)19/h4-7,9-10,20H,3,8,11H2,1-2H3. The number of hydrogen-bond acceptors (Lipinski definition) is 2. The van der Waals surface area contributed by atoms with Gasteiger partial charge in [-0.25, -0.2) is 0 Å². The normalized spacial score (nSPS) is 10.7. The predicted molar refractivity (Wildman–Crippen MR) is 92.4 cm³/mol. The summed E-state index contributed by atoms with van der Waals surface area (Å²) >= 11 is 9.71. The van der Waals surface area contributed by atoms with E-state index in [4.69, 9.17) is 16.3 Å². The van der Waals surface area contributed by atoms with Crippen LogP contribution >= 0.6 is 27.5 Å². The Bertz CT molecular complexity index is 616. The van der Waals surface area contributed by atoms with Crippen LogP contribution < -0.4 is 10.1 Å². The summed E-state index contributed by atoms with van der Waals surface area (Å²) in [6.45, 7) is 5.93. The number of benzene rings is 2. The lowest BCUT2D eigenvalue weighted by Crippen LogP contribution is -2.14. The molecule has 0 fully saturated rings. The van der Waals surface area contributed by atoms with E-state index in [0.717, 1.165) is 40.9 Å². The molecule has 2 nitrogen and oxygen atoms in total. The lowest BCUT2D eigenvalue weighted by Gasteiger charge is -2.14. The fourth-order valence-corrected chi connectivity index (χ4v) is 2.56. The highest BCUT2D eigenvalue weighted by Gasteiger charge is 2.08. The number of ether oxygens (including phenoxy) is 1. The van der Waals surface area contributed by atoms with Crippen LogP contribution in [0, 0.1) is 6.92 Å². The van der Waals surface area contributed by atoms with Crippen molar-refractivity contribution in [3.8, 4) is 11.5 Å². The molecule has 2 aromatic rings. The monoisotopic (exact) mass is 367 g/mol. The Morgan fingerprint density at radius 3 is 2.71 bits per heavy atom. The quantitative estimate of drug-likeness (QED) is 0.660. The molecule has 0 radical (unpaired) electrons. The Morgan fingerprint density at radius 2 is 1.95 bits per heavy atom. The zero-order valence-electron chi connectivity index (χ0n) is 12.2. The fraction of sp³-hybridized carbons (Fsp3) is 0.294. The predicted octanol–water partition coefficient (Wildman–Crippen LogP) is 5.70. The maximum Gasteiger partial charge on any atom is 0.146 e. The van der Waals surface area contributed by atoms with Crippen molar-refractivity contribution in [3.05, 3.63) is 57.0 Å². The highest BCUT2D eigenvalue weighted by Crippen LogP contribution is 2.33. The average Bonchev–Trinajstić information content (AvgIpc) is 2.46. The minimum Gasteiger partial charge on any atom is -0.455 e. The Hall–Kier alpha value is -1.03. The van der Waals surface area contributed by atoms with E-state index >= 15 is 0 Å². The molecule has 0 bridgehead atoms. The maximum absolute atomic E-state index is 6.21. The fourth-order valence-electron chi connectivity index (χ4n) is 1.99. The Labute approximate surface area is 139 Å². The van der Waals surface area contributed by atoms with Crippen molar-refractivity contribution < 1.29 is 4.74 Å². The Morgan fingerprint density at radius 1 is 1.14 bits per heavy atom. The molecule has 2 aromatic carbocycles. The van der Waals surface area contributed by atoms with Gasteiger partial charge >= 0.3 is 0 Å². The van der Waals surface area contributed by atoms with E-state index < -0.39 is 0 Å². The maximum atomic E-state index is 6.21. The molecule has 2 rings (SSSR count). The molecular weight excluding hydrogens is 350 g/mol. The zero-order valence-corrected chi connectivity index (χ0v) is 14.6. The van der Waals surface area contributed by atoms with Gasteiger partial charge in [0.05, 0.1) is 5.02 Å². The van der Waals surface area contributed by atoms with Crippen LogP contribution in [-0.2, 0) is 6.54 Å². The van der Waals surface area contributed by atoms with E-state index in [1.807, 2.05) is 37.3 Å². The second-order valence-electron chi connectivity index (χ2n) is 4.96. The minimum atomic E-state index is 0.621. The van der Waals surface area contributed by atoms with Gasteiger partial charge in [0.1, 0.15) is 11.5 Å². The molecular formula is C17H19BrClNO. The highest BCUT2D eigenvalue weighted by atomic mass is 79.9. The Kier molecular flexibility index (Phi) is 6.09. The topological polar surface area (TPSA) is 21.3 Å². The van der Waals surface area contributed by atoms with Gasteiger partial charge in [0, 0.05) is 16.6 Å². The first-order valence-corrected chi connectivity index (χ1v) is 8.20. The molecule has 112 valence electrons. The molecule has 0 unspecified atom stereocenters. The summed E-state index contributed by atoms with van der Waals surface area (Å²) in [7, 11) is 0. The van der Waals surface area contributed by atoms with Crippen LogP contribution in [-0.4, -0.2) is 6.54 Å². The molecule has 21 heavy (non-hydrogen) atoms. The first-order valence-electron chi connectivity index (χ1n) is 7.03. The molecule has 0 aliphatic heterocycles. The van der Waals surface area contributed by atoms with E-state index in [9.17, 15) is 0 Å². The first-order chi connectivity index (χ1) is 10.1. The van der Waals surface area contributed by atoms with Gasteiger partial charge in [-0.1, -0.05) is 40.5 Å². The van der Waals surface area contributed by atoms with Gasteiger partial charge < -0.3 is 10.1 Å². The molecule has 0 saturated heterocycles. The summed E-state index contributed by atoms with van der Waals surface area (Å²) in [6.07, 6.45) is 1.11. The summed E-state index contributed by atoms with van der Waals surface area (Å²) in [5, 5.41) is 4.02. The van der Waals surface area contributed by atoms with Gasteiger partial charge in [-0.15, -0.1) is 0 Å². The molecule has 0 saturated carbocycles. The van der Waals surface area contributed by atoms with Gasteiger partial charge in [-0.3, -0.25) is 0 Å². The van der Waals surface area contributed by atoms with Crippen molar-refractivity contribution in [2.75, 3.05) is 6.54 Å². The lowest BCUT2D eigenvalue weighted by atomic mass is 10.2. The van der Waals surface area contributed by atoms with E-state index in [1.54, 1.807) is 0 Å². The van der Waals surface area contributed by atoms with Crippen LogP contribution in [0.2, 0.25) is 5.02 Å². The van der Waals surface area contributed by atoms with Crippen LogP contribution in [0.3, 0.4) is 0 Å². The molecule has 0 aliphatic carbocycles. The minimum absolute atomic E-state index is 0.621. The third kappa shape index (κ3) is 4.73. The van der Waals surface area contributed by atoms with Crippen LogP contribution in [0.1, 0.15) is 24.5 Å². The first kappa shape index (κ1) is 16.3. The summed E-state index contributed by atoms with van der Waals surface area (Å²) in [4.78, 5) is 0. The average molecular weight is 369 g/mol. The van der Waals surface area contributed by atoms with Crippen molar-refractivity contribution in [3.63, 3.8) is 0 Å². The zero-order chi connectivity index (χ0) is 15.2. The molecule has 0 aliphatic rings. The van der Waals surface area contributed by atoms with Crippen molar-refractivity contribution in [2.45, 2.75) is 26.8 Å². The van der Waals surface area contributed by atoms with Gasteiger partial charge in [0.25, 0.3) is 0 Å². The van der Waals surface area contributed by atoms with Gasteiger partial charge in [-0.2, -0.15) is 0 Å². The number of hydrogen-bond donors (Lipinski definition) is 1. The van der Waals surface area contributed by atoms with E-state index in [2.05, 4.69) is 34.2 Å². The van der Waals surface area contributed by atoms with Crippen molar-refractivity contribution in [1.29, 1.82) is 0 Å². The summed E-state index contributed by atoms with van der Waals surface area (Å²) < 4.78 is 7.05. The molecule has 0 aromatic heterocycles. The molecule has 1 N–H and O–H groups in total. The van der Waals surface area contributed by atoms with Crippen LogP contribution in [0.5, 0.6) is 11.5 Å². The largest absolute Gasteiger partial charge is 0.455 e. The van der Waals surface area contributed by atoms with Crippen LogP contribution in [0.25, 0.3) is 0 Å².